The van der Waals surface area contributed by atoms with E-state index in [9.17, 15) is 13.2 Å². The normalized spacial score (nSPS) is 17.8. The molecule has 0 aromatic heterocycles. The summed E-state index contributed by atoms with van der Waals surface area (Å²) in [7, 11) is -3.85. The molecule has 2 rings (SSSR count). The molecule has 24 heavy (non-hydrogen) atoms. The molecule has 1 saturated heterocycles. The third-order valence-corrected chi connectivity index (χ3v) is 6.28. The molecule has 0 saturated carbocycles. The van der Waals surface area contributed by atoms with Gasteiger partial charge in [-0.2, -0.15) is 0 Å². The molecule has 1 aromatic carbocycles. The van der Waals surface area contributed by atoms with Gasteiger partial charge in [-0.3, -0.25) is 4.79 Å². The van der Waals surface area contributed by atoms with Crippen LogP contribution in [0.4, 0.5) is 0 Å². The smallest absolute Gasteiger partial charge is 0.243 e. The molecule has 9 heteroatoms. The monoisotopic (exact) mass is 393 g/mol. The summed E-state index contributed by atoms with van der Waals surface area (Å²) < 4.78 is 26.8. The molecule has 3 N–H and O–H groups in total. The molecule has 0 radical (unpaired) electrons. The number of carbonyl (C=O) groups excluding carboxylic acids is 1. The molecule has 1 amide bonds. The van der Waals surface area contributed by atoms with Gasteiger partial charge in [-0.1, -0.05) is 29.3 Å². The quantitative estimate of drug-likeness (QED) is 0.627. The molecule has 6 nitrogen and oxygen atoms in total. The molecule has 0 bridgehead atoms. The standard InChI is InChI=1S/C15H21Cl2N3O3S/c16-12-2-1-3-13(17)15(12)24(22,23)20-9-6-14(21)19-8-5-11-4-7-18-10-11/h1-3,11,18,20H,4-10H2,(H,19,21). The van der Waals surface area contributed by atoms with Crippen molar-refractivity contribution in [2.45, 2.75) is 24.2 Å². The Morgan fingerprint density at radius 3 is 2.58 bits per heavy atom. The summed E-state index contributed by atoms with van der Waals surface area (Å²) in [5, 5.41) is 6.17. The summed E-state index contributed by atoms with van der Waals surface area (Å²) in [5.74, 6) is 0.417. The van der Waals surface area contributed by atoms with Crippen LogP contribution in [-0.4, -0.2) is 40.5 Å². The molecular weight excluding hydrogens is 373 g/mol. The lowest BCUT2D eigenvalue weighted by molar-refractivity contribution is -0.120. The van der Waals surface area contributed by atoms with E-state index in [1.54, 1.807) is 6.07 Å². The Labute approximate surface area is 152 Å². The van der Waals surface area contributed by atoms with E-state index in [4.69, 9.17) is 23.2 Å². The maximum absolute atomic E-state index is 12.2. The van der Waals surface area contributed by atoms with Crippen molar-refractivity contribution >= 4 is 39.1 Å². The highest BCUT2D eigenvalue weighted by atomic mass is 35.5. The minimum absolute atomic E-state index is 0.0132. The highest BCUT2D eigenvalue weighted by Gasteiger charge is 2.21. The van der Waals surface area contributed by atoms with Crippen molar-refractivity contribution in [1.29, 1.82) is 0 Å². The van der Waals surface area contributed by atoms with Crippen LogP contribution in [0.1, 0.15) is 19.3 Å². The van der Waals surface area contributed by atoms with Crippen LogP contribution in [0.25, 0.3) is 0 Å². The van der Waals surface area contributed by atoms with Gasteiger partial charge in [0.1, 0.15) is 4.90 Å². The molecule has 1 aromatic rings. The Kier molecular flexibility index (Phi) is 7.31. The number of rotatable bonds is 8. The maximum atomic E-state index is 12.2. The second kappa shape index (κ2) is 9.01. The zero-order chi connectivity index (χ0) is 17.6. The van der Waals surface area contributed by atoms with Crippen LogP contribution < -0.4 is 15.4 Å². The zero-order valence-electron chi connectivity index (χ0n) is 13.1. The van der Waals surface area contributed by atoms with E-state index < -0.39 is 10.0 Å². The van der Waals surface area contributed by atoms with Crippen molar-refractivity contribution in [3.63, 3.8) is 0 Å². The predicted molar refractivity (Wildman–Crippen MR) is 94.9 cm³/mol. The number of carbonyl (C=O) groups is 1. The molecule has 1 unspecified atom stereocenters. The Balaban J connectivity index is 1.75. The van der Waals surface area contributed by atoms with Gasteiger partial charge in [0, 0.05) is 19.5 Å². The largest absolute Gasteiger partial charge is 0.356 e. The lowest BCUT2D eigenvalue weighted by Crippen LogP contribution is -2.32. The first-order valence-electron chi connectivity index (χ1n) is 7.81. The van der Waals surface area contributed by atoms with Gasteiger partial charge in [0.2, 0.25) is 15.9 Å². The summed E-state index contributed by atoms with van der Waals surface area (Å²) in [6.07, 6.45) is 2.12. The molecule has 134 valence electrons. The first-order valence-corrected chi connectivity index (χ1v) is 10.0. The minimum Gasteiger partial charge on any atom is -0.356 e. The topological polar surface area (TPSA) is 87.3 Å². The van der Waals surface area contributed by atoms with Crippen molar-refractivity contribution in [3.8, 4) is 0 Å². The summed E-state index contributed by atoms with van der Waals surface area (Å²) in [6, 6.07) is 4.47. The highest BCUT2D eigenvalue weighted by Crippen LogP contribution is 2.28. The van der Waals surface area contributed by atoms with E-state index in [1.807, 2.05) is 0 Å². The van der Waals surface area contributed by atoms with Gasteiger partial charge in [0.05, 0.1) is 10.0 Å². The average molecular weight is 394 g/mol. The zero-order valence-corrected chi connectivity index (χ0v) is 15.5. The van der Waals surface area contributed by atoms with Crippen LogP contribution in [0.5, 0.6) is 0 Å². The molecule has 1 aliphatic heterocycles. The van der Waals surface area contributed by atoms with Crippen molar-refractivity contribution < 1.29 is 13.2 Å². The summed E-state index contributed by atoms with van der Waals surface area (Å²) in [5.41, 5.74) is 0. The molecule has 1 atom stereocenters. The fraction of sp³-hybridized carbons (Fsp3) is 0.533. The number of hydrogen-bond acceptors (Lipinski definition) is 4. The molecule has 1 fully saturated rings. The van der Waals surface area contributed by atoms with E-state index >= 15 is 0 Å². The highest BCUT2D eigenvalue weighted by molar-refractivity contribution is 7.89. The van der Waals surface area contributed by atoms with E-state index in [-0.39, 0.29) is 33.8 Å². The summed E-state index contributed by atoms with van der Waals surface area (Å²) in [4.78, 5) is 11.6. The van der Waals surface area contributed by atoms with Gasteiger partial charge in [0.25, 0.3) is 0 Å². The molecule has 1 heterocycles. The van der Waals surface area contributed by atoms with Crippen LogP contribution >= 0.6 is 23.2 Å². The lowest BCUT2D eigenvalue weighted by atomic mass is 10.1. The van der Waals surface area contributed by atoms with Crippen molar-refractivity contribution in [3.05, 3.63) is 28.2 Å². The van der Waals surface area contributed by atoms with Crippen LogP contribution in [0.3, 0.4) is 0 Å². The molecule has 0 spiro atoms. The summed E-state index contributed by atoms with van der Waals surface area (Å²) in [6.45, 7) is 2.62. The van der Waals surface area contributed by atoms with Gasteiger partial charge in [-0.05, 0) is 44.0 Å². The Bertz CT molecular complexity index is 656. The summed E-state index contributed by atoms with van der Waals surface area (Å²) >= 11 is 11.8. The van der Waals surface area contributed by atoms with Gasteiger partial charge < -0.3 is 10.6 Å². The lowest BCUT2D eigenvalue weighted by Gasteiger charge is -2.11. The van der Waals surface area contributed by atoms with Crippen molar-refractivity contribution in [1.82, 2.24) is 15.4 Å². The minimum atomic E-state index is -3.85. The molecule has 1 aliphatic rings. The maximum Gasteiger partial charge on any atom is 0.243 e. The Hall–Kier alpha value is -0.860. The Morgan fingerprint density at radius 2 is 1.96 bits per heavy atom. The van der Waals surface area contributed by atoms with Crippen molar-refractivity contribution in [2.75, 3.05) is 26.2 Å². The SMILES string of the molecule is O=C(CCNS(=O)(=O)c1c(Cl)cccc1Cl)NCCC1CCNC1. The predicted octanol–water partition coefficient (Wildman–Crippen LogP) is 1.78. The third kappa shape index (κ3) is 5.60. The number of amides is 1. The third-order valence-electron chi connectivity index (χ3n) is 3.87. The van der Waals surface area contributed by atoms with Crippen LogP contribution in [0, 0.1) is 5.92 Å². The average Bonchev–Trinajstić information content (AvgIpc) is 3.00. The Morgan fingerprint density at radius 1 is 1.25 bits per heavy atom. The van der Waals surface area contributed by atoms with Crippen molar-refractivity contribution in [2.24, 2.45) is 5.92 Å². The van der Waals surface area contributed by atoms with Gasteiger partial charge >= 0.3 is 0 Å². The van der Waals surface area contributed by atoms with Gasteiger partial charge in [-0.25, -0.2) is 13.1 Å². The van der Waals surface area contributed by atoms with Gasteiger partial charge in [0.15, 0.2) is 0 Å². The number of halogens is 2. The van der Waals surface area contributed by atoms with E-state index in [0.29, 0.717) is 12.5 Å². The van der Waals surface area contributed by atoms with Crippen LogP contribution in [-0.2, 0) is 14.8 Å². The fourth-order valence-electron chi connectivity index (χ4n) is 2.58. The number of hydrogen-bond donors (Lipinski definition) is 3. The number of sulfonamides is 1. The second-order valence-corrected chi connectivity index (χ2v) is 8.21. The molecule has 0 aliphatic carbocycles. The first-order chi connectivity index (χ1) is 11.4. The van der Waals surface area contributed by atoms with E-state index in [0.717, 1.165) is 25.9 Å². The van der Waals surface area contributed by atoms with Crippen LogP contribution in [0.2, 0.25) is 10.0 Å². The molecular formula is C15H21Cl2N3O3S. The van der Waals surface area contributed by atoms with E-state index in [2.05, 4.69) is 15.4 Å². The number of nitrogens with one attached hydrogen (secondary N) is 3. The van der Waals surface area contributed by atoms with Crippen LogP contribution in [0.15, 0.2) is 23.1 Å². The van der Waals surface area contributed by atoms with E-state index in [1.165, 1.54) is 12.1 Å². The second-order valence-electron chi connectivity index (χ2n) is 5.70. The van der Waals surface area contributed by atoms with Gasteiger partial charge in [-0.15, -0.1) is 0 Å². The fourth-order valence-corrected chi connectivity index (χ4v) is 4.75. The first kappa shape index (κ1) is 19.5. The number of benzene rings is 1.